The van der Waals surface area contributed by atoms with Crippen LogP contribution in [0, 0.1) is 12.3 Å². The predicted molar refractivity (Wildman–Crippen MR) is 115 cm³/mol. The molecule has 148 valence electrons. The van der Waals surface area contributed by atoms with Crippen LogP contribution in [0.5, 0.6) is 11.5 Å². The zero-order chi connectivity index (χ0) is 20.6. The first-order valence-corrected chi connectivity index (χ1v) is 10.1. The molecule has 0 spiro atoms. The Hall–Kier alpha value is -3.17. The van der Waals surface area contributed by atoms with Crippen LogP contribution in [0.4, 0.5) is 4.79 Å². The maximum atomic E-state index is 12.7. The Morgan fingerprint density at radius 2 is 1.90 bits per heavy atom. The van der Waals surface area contributed by atoms with Crippen LogP contribution in [-0.2, 0) is 11.2 Å². The highest BCUT2D eigenvalue weighted by atomic mass is 32.2. The molecular weight excluding hydrogens is 386 g/mol. The van der Waals surface area contributed by atoms with E-state index in [1.807, 2.05) is 37.3 Å². The van der Waals surface area contributed by atoms with Crippen molar-refractivity contribution in [2.24, 2.45) is 0 Å². The lowest BCUT2D eigenvalue weighted by atomic mass is 10.1. The van der Waals surface area contributed by atoms with E-state index in [0.717, 1.165) is 22.9 Å². The molecule has 0 aliphatic carbocycles. The molecule has 2 aromatic rings. The molecule has 1 fully saturated rings. The van der Waals surface area contributed by atoms with Gasteiger partial charge in [0, 0.05) is 6.54 Å². The number of amides is 2. The van der Waals surface area contributed by atoms with E-state index < -0.39 is 0 Å². The quantitative estimate of drug-likeness (QED) is 0.480. The third-order valence-corrected chi connectivity index (χ3v) is 5.12. The zero-order valence-electron chi connectivity index (χ0n) is 16.1. The van der Waals surface area contributed by atoms with Crippen molar-refractivity contribution in [1.82, 2.24) is 4.90 Å². The summed E-state index contributed by atoms with van der Waals surface area (Å²) in [5.41, 5.74) is 1.83. The minimum Gasteiger partial charge on any atom is -0.490 e. The SMILES string of the molecule is C#CCOc1ccc(/C=C2\SC(=O)N(CCc3ccccc3)C2=O)cc1OCC. The Morgan fingerprint density at radius 1 is 1.10 bits per heavy atom. The summed E-state index contributed by atoms with van der Waals surface area (Å²) in [6.07, 6.45) is 7.56. The number of rotatable bonds is 8. The van der Waals surface area contributed by atoms with Crippen LogP contribution in [0.2, 0.25) is 0 Å². The molecule has 29 heavy (non-hydrogen) atoms. The van der Waals surface area contributed by atoms with Gasteiger partial charge < -0.3 is 9.47 Å². The number of carbonyl (C=O) groups is 2. The van der Waals surface area contributed by atoms with Crippen LogP contribution in [0.15, 0.2) is 53.4 Å². The van der Waals surface area contributed by atoms with Gasteiger partial charge in [-0.3, -0.25) is 14.5 Å². The standard InChI is InChI=1S/C23H21NO4S/c1-3-14-28-19-11-10-18(15-20(19)27-4-2)16-21-22(25)24(23(26)29-21)13-12-17-8-6-5-7-9-17/h1,5-11,15-16H,4,12-14H2,2H3/b21-16-. The van der Waals surface area contributed by atoms with Crippen molar-refractivity contribution in [2.75, 3.05) is 19.8 Å². The lowest BCUT2D eigenvalue weighted by molar-refractivity contribution is -0.122. The van der Waals surface area contributed by atoms with Gasteiger partial charge in [-0.05, 0) is 54.4 Å². The minimum absolute atomic E-state index is 0.139. The Kier molecular flexibility index (Phi) is 6.99. The van der Waals surface area contributed by atoms with Gasteiger partial charge in [0.05, 0.1) is 11.5 Å². The van der Waals surface area contributed by atoms with E-state index in [1.54, 1.807) is 24.3 Å². The number of carbonyl (C=O) groups excluding carboxylic acids is 2. The summed E-state index contributed by atoms with van der Waals surface area (Å²) in [6.45, 7) is 2.83. The Bertz CT molecular complexity index is 963. The molecule has 0 N–H and O–H groups in total. The van der Waals surface area contributed by atoms with Crippen molar-refractivity contribution in [1.29, 1.82) is 0 Å². The molecule has 0 saturated carbocycles. The van der Waals surface area contributed by atoms with Crippen LogP contribution in [-0.4, -0.2) is 35.8 Å². The Morgan fingerprint density at radius 3 is 2.62 bits per heavy atom. The Balaban J connectivity index is 1.74. The van der Waals surface area contributed by atoms with Crippen LogP contribution in [0.25, 0.3) is 6.08 Å². The third kappa shape index (κ3) is 5.21. The average molecular weight is 407 g/mol. The number of nitrogens with zero attached hydrogens (tertiary/aromatic N) is 1. The first-order chi connectivity index (χ1) is 14.1. The van der Waals surface area contributed by atoms with E-state index in [0.29, 0.717) is 36.0 Å². The van der Waals surface area contributed by atoms with Crippen molar-refractivity contribution in [3.63, 3.8) is 0 Å². The number of benzene rings is 2. The van der Waals surface area contributed by atoms with Crippen molar-refractivity contribution >= 4 is 29.0 Å². The van der Waals surface area contributed by atoms with E-state index in [-0.39, 0.29) is 17.8 Å². The Labute approximate surface area is 174 Å². The molecule has 6 heteroatoms. The fourth-order valence-electron chi connectivity index (χ4n) is 2.85. The zero-order valence-corrected chi connectivity index (χ0v) is 16.9. The van der Waals surface area contributed by atoms with Crippen LogP contribution >= 0.6 is 11.8 Å². The normalized spacial score (nSPS) is 14.9. The summed E-state index contributed by atoms with van der Waals surface area (Å²) in [4.78, 5) is 26.7. The lowest BCUT2D eigenvalue weighted by Crippen LogP contribution is -2.30. The summed E-state index contributed by atoms with van der Waals surface area (Å²) in [5, 5.41) is -0.254. The third-order valence-electron chi connectivity index (χ3n) is 4.22. The van der Waals surface area contributed by atoms with Crippen LogP contribution < -0.4 is 9.47 Å². The van der Waals surface area contributed by atoms with E-state index >= 15 is 0 Å². The van der Waals surface area contributed by atoms with Crippen molar-refractivity contribution in [2.45, 2.75) is 13.3 Å². The highest BCUT2D eigenvalue weighted by molar-refractivity contribution is 8.18. The molecule has 3 rings (SSSR count). The second kappa shape index (κ2) is 9.85. The summed E-state index contributed by atoms with van der Waals surface area (Å²) in [5.74, 6) is 3.22. The first kappa shape index (κ1) is 20.6. The van der Waals surface area contributed by atoms with Crippen LogP contribution in [0.1, 0.15) is 18.1 Å². The molecule has 1 aliphatic rings. The fraction of sp³-hybridized carbons (Fsp3) is 0.217. The van der Waals surface area contributed by atoms with Crippen molar-refractivity contribution < 1.29 is 19.1 Å². The van der Waals surface area contributed by atoms with E-state index in [9.17, 15) is 9.59 Å². The first-order valence-electron chi connectivity index (χ1n) is 9.24. The van der Waals surface area contributed by atoms with Gasteiger partial charge >= 0.3 is 0 Å². The molecule has 0 bridgehead atoms. The fourth-order valence-corrected chi connectivity index (χ4v) is 3.72. The molecule has 1 heterocycles. The van der Waals surface area contributed by atoms with Crippen LogP contribution in [0.3, 0.4) is 0 Å². The van der Waals surface area contributed by atoms with Crippen molar-refractivity contribution in [3.05, 3.63) is 64.6 Å². The van der Waals surface area contributed by atoms with Gasteiger partial charge in [0.25, 0.3) is 11.1 Å². The molecule has 2 amide bonds. The largest absolute Gasteiger partial charge is 0.490 e. The maximum Gasteiger partial charge on any atom is 0.293 e. The predicted octanol–water partition coefficient (Wildman–Crippen LogP) is 4.38. The monoisotopic (exact) mass is 407 g/mol. The van der Waals surface area contributed by atoms with Crippen molar-refractivity contribution in [3.8, 4) is 23.8 Å². The van der Waals surface area contributed by atoms with Gasteiger partial charge in [-0.15, -0.1) is 6.42 Å². The molecule has 5 nitrogen and oxygen atoms in total. The average Bonchev–Trinajstić information content (AvgIpc) is 2.99. The maximum absolute atomic E-state index is 12.7. The smallest absolute Gasteiger partial charge is 0.293 e. The summed E-state index contributed by atoms with van der Waals surface area (Å²) in [7, 11) is 0. The van der Waals surface area contributed by atoms with Gasteiger partial charge in [-0.2, -0.15) is 0 Å². The summed E-state index contributed by atoms with van der Waals surface area (Å²) in [6, 6.07) is 15.1. The molecule has 0 atom stereocenters. The van der Waals surface area contributed by atoms with Gasteiger partial charge in [0.1, 0.15) is 6.61 Å². The molecule has 0 unspecified atom stereocenters. The van der Waals surface area contributed by atoms with E-state index in [4.69, 9.17) is 15.9 Å². The minimum atomic E-state index is -0.276. The highest BCUT2D eigenvalue weighted by Gasteiger charge is 2.34. The highest BCUT2D eigenvalue weighted by Crippen LogP contribution is 2.34. The molecule has 1 saturated heterocycles. The summed E-state index contributed by atoms with van der Waals surface area (Å²) >= 11 is 0.949. The number of ether oxygens (including phenoxy) is 2. The molecule has 0 aromatic heterocycles. The molecule has 2 aromatic carbocycles. The lowest BCUT2D eigenvalue weighted by Gasteiger charge is -2.12. The van der Waals surface area contributed by atoms with E-state index in [2.05, 4.69) is 5.92 Å². The number of hydrogen-bond donors (Lipinski definition) is 0. The van der Waals surface area contributed by atoms with Gasteiger partial charge in [0.2, 0.25) is 0 Å². The number of terminal acetylenes is 1. The second-order valence-electron chi connectivity index (χ2n) is 6.20. The number of thioether (sulfide) groups is 1. The topological polar surface area (TPSA) is 55.8 Å². The number of imide groups is 1. The molecular formula is C23H21NO4S. The van der Waals surface area contributed by atoms with E-state index in [1.165, 1.54) is 4.90 Å². The van der Waals surface area contributed by atoms with Gasteiger partial charge in [-0.25, -0.2) is 0 Å². The van der Waals surface area contributed by atoms with Gasteiger partial charge in [-0.1, -0.05) is 42.3 Å². The van der Waals surface area contributed by atoms with Gasteiger partial charge in [0.15, 0.2) is 11.5 Å². The second-order valence-corrected chi connectivity index (χ2v) is 7.19. The molecule has 0 radical (unpaired) electrons. The molecule has 1 aliphatic heterocycles. The summed E-state index contributed by atoms with van der Waals surface area (Å²) < 4.78 is 11.1. The number of hydrogen-bond acceptors (Lipinski definition) is 5.